The Kier molecular flexibility index (Phi) is 5.69. The van der Waals surface area contributed by atoms with Crippen LogP contribution in [0.2, 0.25) is 5.02 Å². The van der Waals surface area contributed by atoms with Crippen LogP contribution in [0.3, 0.4) is 0 Å². The molecule has 0 fully saturated rings. The molecule has 106 valence electrons. The molecule has 1 atom stereocenters. The van der Waals surface area contributed by atoms with E-state index in [0.29, 0.717) is 5.02 Å². The quantitative estimate of drug-likeness (QED) is 0.714. The highest BCUT2D eigenvalue weighted by atomic mass is 127. The molecule has 0 aromatic heterocycles. The highest BCUT2D eigenvalue weighted by Crippen LogP contribution is 2.33. The lowest BCUT2D eigenvalue weighted by molar-refractivity contribution is 0.469. The Morgan fingerprint density at radius 3 is 2.55 bits per heavy atom. The lowest BCUT2D eigenvalue weighted by atomic mass is 10.0. The van der Waals surface area contributed by atoms with Gasteiger partial charge >= 0.3 is 0 Å². The summed E-state index contributed by atoms with van der Waals surface area (Å²) >= 11 is 8.56. The van der Waals surface area contributed by atoms with Crippen LogP contribution in [0.4, 0.5) is 0 Å². The van der Waals surface area contributed by atoms with Crippen molar-refractivity contribution in [1.29, 1.82) is 0 Å². The fourth-order valence-electron chi connectivity index (χ4n) is 1.89. The summed E-state index contributed by atoms with van der Waals surface area (Å²) in [7, 11) is 0. The van der Waals surface area contributed by atoms with E-state index >= 15 is 0 Å². The Balaban J connectivity index is 2.32. The molecule has 0 radical (unpaired) electrons. The summed E-state index contributed by atoms with van der Waals surface area (Å²) in [6, 6.07) is 13.7. The van der Waals surface area contributed by atoms with Crippen molar-refractivity contribution in [2.45, 2.75) is 25.8 Å². The molecule has 0 aliphatic heterocycles. The first-order chi connectivity index (χ1) is 9.61. The molecule has 2 nitrogen and oxygen atoms in total. The third-order valence-corrected chi connectivity index (χ3v) is 4.37. The molecular formula is C16H17ClINO. The molecule has 0 spiro atoms. The lowest BCUT2D eigenvalue weighted by Crippen LogP contribution is -2.21. The van der Waals surface area contributed by atoms with Gasteiger partial charge in [0.1, 0.15) is 11.5 Å². The van der Waals surface area contributed by atoms with Gasteiger partial charge in [-0.3, -0.25) is 0 Å². The Morgan fingerprint density at radius 1 is 1.15 bits per heavy atom. The molecule has 0 saturated carbocycles. The zero-order valence-corrected chi connectivity index (χ0v) is 14.2. The molecule has 0 aliphatic rings. The first-order valence-corrected chi connectivity index (χ1v) is 8.02. The van der Waals surface area contributed by atoms with Crippen LogP contribution in [-0.4, -0.2) is 6.04 Å². The maximum absolute atomic E-state index is 6.30. The van der Waals surface area contributed by atoms with E-state index in [2.05, 4.69) is 29.5 Å². The summed E-state index contributed by atoms with van der Waals surface area (Å²) in [6.45, 7) is 2.07. The smallest absolute Gasteiger partial charge is 0.140 e. The first kappa shape index (κ1) is 15.6. The second-order valence-corrected chi connectivity index (χ2v) is 6.19. The third-order valence-electron chi connectivity index (χ3n) is 3.12. The van der Waals surface area contributed by atoms with Gasteiger partial charge in [0.05, 0.1) is 3.57 Å². The SMILES string of the molecule is CCC(N)Cc1c(Cl)cccc1Oc1ccccc1I. The molecule has 2 aromatic carbocycles. The number of ether oxygens (including phenoxy) is 1. The van der Waals surface area contributed by atoms with Crippen molar-refractivity contribution in [1.82, 2.24) is 0 Å². The molecule has 0 bridgehead atoms. The average molecular weight is 402 g/mol. The molecule has 2 rings (SSSR count). The van der Waals surface area contributed by atoms with Crippen molar-refractivity contribution >= 4 is 34.2 Å². The van der Waals surface area contributed by atoms with E-state index in [-0.39, 0.29) is 6.04 Å². The summed E-state index contributed by atoms with van der Waals surface area (Å²) in [5.74, 6) is 1.62. The lowest BCUT2D eigenvalue weighted by Gasteiger charge is -2.16. The Morgan fingerprint density at radius 2 is 1.85 bits per heavy atom. The van der Waals surface area contributed by atoms with Crippen molar-refractivity contribution < 1.29 is 4.74 Å². The van der Waals surface area contributed by atoms with Crippen molar-refractivity contribution in [3.05, 3.63) is 56.6 Å². The minimum absolute atomic E-state index is 0.0899. The Bertz CT molecular complexity index is 588. The van der Waals surface area contributed by atoms with Gasteiger partial charge in [0.15, 0.2) is 0 Å². The van der Waals surface area contributed by atoms with Crippen LogP contribution in [0.1, 0.15) is 18.9 Å². The van der Waals surface area contributed by atoms with Gasteiger partial charge in [0, 0.05) is 16.6 Å². The minimum atomic E-state index is 0.0899. The number of hydrogen-bond donors (Lipinski definition) is 1. The van der Waals surface area contributed by atoms with Crippen molar-refractivity contribution in [3.63, 3.8) is 0 Å². The Hall–Kier alpha value is -0.780. The van der Waals surface area contributed by atoms with E-state index in [4.69, 9.17) is 22.1 Å². The molecule has 0 saturated heterocycles. The number of halogens is 2. The van der Waals surface area contributed by atoms with Crippen LogP contribution in [0.25, 0.3) is 0 Å². The van der Waals surface area contributed by atoms with E-state index < -0.39 is 0 Å². The zero-order chi connectivity index (χ0) is 14.5. The number of rotatable bonds is 5. The summed E-state index contributed by atoms with van der Waals surface area (Å²) in [4.78, 5) is 0. The van der Waals surface area contributed by atoms with Crippen LogP contribution in [0.5, 0.6) is 11.5 Å². The second kappa shape index (κ2) is 7.29. The van der Waals surface area contributed by atoms with Crippen molar-refractivity contribution in [2.75, 3.05) is 0 Å². The molecule has 0 heterocycles. The van der Waals surface area contributed by atoms with Gasteiger partial charge in [0.2, 0.25) is 0 Å². The molecule has 4 heteroatoms. The van der Waals surface area contributed by atoms with E-state index in [1.54, 1.807) is 0 Å². The summed E-state index contributed by atoms with van der Waals surface area (Å²) in [5, 5.41) is 0.706. The van der Waals surface area contributed by atoms with E-state index in [1.165, 1.54) is 0 Å². The molecular weight excluding hydrogens is 385 g/mol. The summed E-state index contributed by atoms with van der Waals surface area (Å²) in [5.41, 5.74) is 7.03. The maximum atomic E-state index is 6.30. The standard InChI is InChI=1S/C16H17ClINO/c1-2-11(19)10-12-13(17)6-5-9-15(12)20-16-8-4-3-7-14(16)18/h3-9,11H,2,10,19H2,1H3. The van der Waals surface area contributed by atoms with Gasteiger partial charge in [-0.1, -0.05) is 36.7 Å². The fourth-order valence-corrected chi connectivity index (χ4v) is 2.63. The number of benzene rings is 2. The zero-order valence-electron chi connectivity index (χ0n) is 11.3. The average Bonchev–Trinajstić information content (AvgIpc) is 2.44. The molecule has 2 aromatic rings. The van der Waals surface area contributed by atoms with Gasteiger partial charge in [-0.05, 0) is 59.7 Å². The Labute approximate surface area is 138 Å². The van der Waals surface area contributed by atoms with Crippen LogP contribution < -0.4 is 10.5 Å². The van der Waals surface area contributed by atoms with Gasteiger partial charge in [0.25, 0.3) is 0 Å². The number of hydrogen-bond acceptors (Lipinski definition) is 2. The number of nitrogens with two attached hydrogens (primary N) is 1. The predicted molar refractivity (Wildman–Crippen MR) is 92.7 cm³/mol. The van der Waals surface area contributed by atoms with Crippen LogP contribution in [0.15, 0.2) is 42.5 Å². The fraction of sp³-hybridized carbons (Fsp3) is 0.250. The second-order valence-electron chi connectivity index (χ2n) is 4.62. The molecule has 0 aliphatic carbocycles. The third kappa shape index (κ3) is 3.87. The highest BCUT2D eigenvalue weighted by Gasteiger charge is 2.13. The topological polar surface area (TPSA) is 35.2 Å². The van der Waals surface area contributed by atoms with E-state index in [1.807, 2.05) is 42.5 Å². The predicted octanol–water partition coefficient (Wildman–Crippen LogP) is 5.02. The van der Waals surface area contributed by atoms with Gasteiger partial charge in [-0.2, -0.15) is 0 Å². The van der Waals surface area contributed by atoms with Crippen LogP contribution in [-0.2, 0) is 6.42 Å². The minimum Gasteiger partial charge on any atom is -0.456 e. The normalized spacial score (nSPS) is 12.2. The van der Waals surface area contributed by atoms with E-state index in [9.17, 15) is 0 Å². The summed E-state index contributed by atoms with van der Waals surface area (Å²) < 4.78 is 7.08. The molecule has 1 unspecified atom stereocenters. The van der Waals surface area contributed by atoms with Crippen LogP contribution >= 0.6 is 34.2 Å². The maximum Gasteiger partial charge on any atom is 0.140 e. The van der Waals surface area contributed by atoms with Crippen molar-refractivity contribution in [2.24, 2.45) is 5.73 Å². The number of para-hydroxylation sites is 1. The van der Waals surface area contributed by atoms with Gasteiger partial charge < -0.3 is 10.5 Å². The molecule has 0 amide bonds. The van der Waals surface area contributed by atoms with Crippen LogP contribution in [0, 0.1) is 3.57 Å². The molecule has 2 N–H and O–H groups in total. The highest BCUT2D eigenvalue weighted by molar-refractivity contribution is 14.1. The van der Waals surface area contributed by atoms with E-state index in [0.717, 1.165) is 33.5 Å². The monoisotopic (exact) mass is 401 g/mol. The van der Waals surface area contributed by atoms with Crippen molar-refractivity contribution in [3.8, 4) is 11.5 Å². The molecule has 20 heavy (non-hydrogen) atoms. The van der Waals surface area contributed by atoms with Gasteiger partial charge in [-0.15, -0.1) is 0 Å². The first-order valence-electron chi connectivity index (χ1n) is 6.57. The van der Waals surface area contributed by atoms with Gasteiger partial charge in [-0.25, -0.2) is 0 Å². The summed E-state index contributed by atoms with van der Waals surface area (Å²) in [6.07, 6.45) is 1.63. The largest absolute Gasteiger partial charge is 0.456 e.